The topological polar surface area (TPSA) is 12.0 Å². The molecule has 0 aliphatic heterocycles. The van der Waals surface area contributed by atoms with E-state index in [1.165, 1.54) is 17.4 Å². The van der Waals surface area contributed by atoms with Gasteiger partial charge in [0.2, 0.25) is 0 Å². The van der Waals surface area contributed by atoms with E-state index in [9.17, 15) is 17.6 Å². The largest absolute Gasteiger partial charge is 0.419 e. The molecule has 102 valence electrons. The van der Waals surface area contributed by atoms with Crippen molar-refractivity contribution in [1.82, 2.24) is 5.32 Å². The minimum atomic E-state index is -4.66. The highest BCUT2D eigenvalue weighted by molar-refractivity contribution is 7.13. The standard InChI is InChI=1S/C13H11F4NS/c1-18-6-8-4-12(19-7-8)9-2-3-10(11(14)5-9)13(15,16)17/h2-5,7,18H,6H2,1H3. The third kappa shape index (κ3) is 3.13. The Kier molecular flexibility index (Phi) is 3.91. The van der Waals surface area contributed by atoms with Gasteiger partial charge in [0.1, 0.15) is 5.82 Å². The van der Waals surface area contributed by atoms with Crippen LogP contribution in [0.4, 0.5) is 17.6 Å². The first kappa shape index (κ1) is 14.0. The van der Waals surface area contributed by atoms with Crippen LogP contribution in [-0.4, -0.2) is 7.05 Å². The van der Waals surface area contributed by atoms with Crippen molar-refractivity contribution in [3.63, 3.8) is 0 Å². The Bertz CT molecular complexity index is 574. The molecular weight excluding hydrogens is 278 g/mol. The Balaban J connectivity index is 2.33. The maximum atomic E-state index is 13.5. The molecule has 0 fully saturated rings. The Morgan fingerprint density at radius 2 is 1.95 bits per heavy atom. The molecule has 6 heteroatoms. The molecule has 0 saturated heterocycles. The molecule has 0 bridgehead atoms. The quantitative estimate of drug-likeness (QED) is 0.831. The molecule has 0 aliphatic carbocycles. The predicted molar refractivity (Wildman–Crippen MR) is 67.5 cm³/mol. The highest BCUT2D eigenvalue weighted by Gasteiger charge is 2.33. The van der Waals surface area contributed by atoms with Crippen LogP contribution in [0.2, 0.25) is 0 Å². The molecule has 1 aromatic carbocycles. The van der Waals surface area contributed by atoms with E-state index in [2.05, 4.69) is 5.32 Å². The fraction of sp³-hybridized carbons (Fsp3) is 0.231. The zero-order valence-corrected chi connectivity index (χ0v) is 10.8. The van der Waals surface area contributed by atoms with Crippen molar-refractivity contribution in [2.45, 2.75) is 12.7 Å². The lowest BCUT2D eigenvalue weighted by molar-refractivity contribution is -0.139. The molecule has 2 rings (SSSR count). The summed E-state index contributed by atoms with van der Waals surface area (Å²) in [6.45, 7) is 0.666. The van der Waals surface area contributed by atoms with Crippen molar-refractivity contribution < 1.29 is 17.6 Å². The minimum Gasteiger partial charge on any atom is -0.316 e. The van der Waals surface area contributed by atoms with E-state index in [4.69, 9.17) is 0 Å². The summed E-state index contributed by atoms with van der Waals surface area (Å²) < 4.78 is 50.8. The number of benzene rings is 1. The van der Waals surface area contributed by atoms with E-state index < -0.39 is 17.6 Å². The Morgan fingerprint density at radius 1 is 1.21 bits per heavy atom. The molecule has 1 aromatic heterocycles. The molecule has 2 aromatic rings. The molecule has 0 saturated carbocycles. The maximum Gasteiger partial charge on any atom is 0.419 e. The highest BCUT2D eigenvalue weighted by atomic mass is 32.1. The van der Waals surface area contributed by atoms with Crippen LogP contribution in [0, 0.1) is 5.82 Å². The van der Waals surface area contributed by atoms with Gasteiger partial charge in [-0.2, -0.15) is 13.2 Å². The van der Waals surface area contributed by atoms with E-state index in [0.29, 0.717) is 12.1 Å². The number of thiophene rings is 1. The summed E-state index contributed by atoms with van der Waals surface area (Å²) in [4.78, 5) is 0.748. The Hall–Kier alpha value is -1.40. The summed E-state index contributed by atoms with van der Waals surface area (Å²) in [6.07, 6.45) is -4.66. The SMILES string of the molecule is CNCc1csc(-c2ccc(C(F)(F)F)c(F)c2)c1. The van der Waals surface area contributed by atoms with E-state index in [0.717, 1.165) is 22.6 Å². The van der Waals surface area contributed by atoms with Gasteiger partial charge in [0.15, 0.2) is 0 Å². The summed E-state index contributed by atoms with van der Waals surface area (Å²) in [5, 5.41) is 4.86. The number of hydrogen-bond donors (Lipinski definition) is 1. The summed E-state index contributed by atoms with van der Waals surface area (Å²) >= 11 is 1.38. The van der Waals surface area contributed by atoms with Crippen LogP contribution >= 0.6 is 11.3 Å². The van der Waals surface area contributed by atoms with Crippen molar-refractivity contribution >= 4 is 11.3 Å². The monoisotopic (exact) mass is 289 g/mol. The molecule has 1 nitrogen and oxygen atoms in total. The van der Waals surface area contributed by atoms with Gasteiger partial charge in [-0.1, -0.05) is 6.07 Å². The number of rotatable bonds is 3. The van der Waals surface area contributed by atoms with Gasteiger partial charge in [-0.05, 0) is 41.8 Å². The van der Waals surface area contributed by atoms with E-state index >= 15 is 0 Å². The third-order valence-electron chi connectivity index (χ3n) is 2.59. The van der Waals surface area contributed by atoms with Crippen molar-refractivity contribution in [3.05, 3.63) is 46.6 Å². The molecule has 0 amide bonds. The molecular formula is C13H11F4NS. The zero-order chi connectivity index (χ0) is 14.0. The van der Waals surface area contributed by atoms with Crippen LogP contribution in [-0.2, 0) is 12.7 Å². The average Bonchev–Trinajstić information content (AvgIpc) is 2.76. The summed E-state index contributed by atoms with van der Waals surface area (Å²) in [7, 11) is 1.80. The average molecular weight is 289 g/mol. The summed E-state index contributed by atoms with van der Waals surface area (Å²) in [5.74, 6) is -1.24. The second-order valence-corrected chi connectivity index (χ2v) is 4.95. The number of alkyl halides is 3. The number of hydrogen-bond acceptors (Lipinski definition) is 2. The zero-order valence-electron chi connectivity index (χ0n) is 10.0. The molecule has 0 radical (unpaired) electrons. The van der Waals surface area contributed by atoms with Crippen molar-refractivity contribution in [2.24, 2.45) is 0 Å². The van der Waals surface area contributed by atoms with Crippen LogP contribution in [0.15, 0.2) is 29.6 Å². The first-order chi connectivity index (χ1) is 8.91. The number of halogens is 4. The second kappa shape index (κ2) is 5.30. The Labute approximate surface area is 111 Å². The molecule has 0 spiro atoms. The lowest BCUT2D eigenvalue weighted by Crippen LogP contribution is -2.07. The van der Waals surface area contributed by atoms with E-state index in [1.54, 1.807) is 7.05 Å². The van der Waals surface area contributed by atoms with Crippen molar-refractivity contribution in [1.29, 1.82) is 0 Å². The molecule has 0 aliphatic rings. The number of nitrogens with one attached hydrogen (secondary N) is 1. The van der Waals surface area contributed by atoms with Crippen LogP contribution in [0.25, 0.3) is 10.4 Å². The first-order valence-corrected chi connectivity index (χ1v) is 6.39. The van der Waals surface area contributed by atoms with Gasteiger partial charge in [-0.15, -0.1) is 11.3 Å². The van der Waals surface area contributed by atoms with E-state index in [1.807, 2.05) is 11.4 Å². The van der Waals surface area contributed by atoms with Crippen LogP contribution in [0.5, 0.6) is 0 Å². The minimum absolute atomic E-state index is 0.456. The normalized spacial score (nSPS) is 11.8. The lowest BCUT2D eigenvalue weighted by atomic mass is 10.1. The van der Waals surface area contributed by atoms with Gasteiger partial charge in [0.25, 0.3) is 0 Å². The van der Waals surface area contributed by atoms with Crippen molar-refractivity contribution in [2.75, 3.05) is 7.05 Å². The fourth-order valence-electron chi connectivity index (χ4n) is 1.72. The summed E-state index contributed by atoms with van der Waals surface area (Å²) in [5.41, 5.74) is 0.240. The predicted octanol–water partition coefficient (Wildman–Crippen LogP) is 4.29. The highest BCUT2D eigenvalue weighted by Crippen LogP contribution is 2.34. The second-order valence-electron chi connectivity index (χ2n) is 4.04. The van der Waals surface area contributed by atoms with Gasteiger partial charge in [-0.25, -0.2) is 4.39 Å². The summed E-state index contributed by atoms with van der Waals surface area (Å²) in [6, 6.07) is 4.84. The van der Waals surface area contributed by atoms with Gasteiger partial charge in [0, 0.05) is 11.4 Å². The molecule has 19 heavy (non-hydrogen) atoms. The van der Waals surface area contributed by atoms with Crippen LogP contribution < -0.4 is 5.32 Å². The molecule has 0 atom stereocenters. The van der Waals surface area contributed by atoms with E-state index in [-0.39, 0.29) is 0 Å². The van der Waals surface area contributed by atoms with Gasteiger partial charge in [0.05, 0.1) is 5.56 Å². The van der Waals surface area contributed by atoms with Crippen LogP contribution in [0.3, 0.4) is 0 Å². The van der Waals surface area contributed by atoms with Gasteiger partial charge < -0.3 is 5.32 Å². The third-order valence-corrected chi connectivity index (χ3v) is 3.62. The van der Waals surface area contributed by atoms with Crippen LogP contribution in [0.1, 0.15) is 11.1 Å². The van der Waals surface area contributed by atoms with Crippen molar-refractivity contribution in [3.8, 4) is 10.4 Å². The maximum absolute atomic E-state index is 13.5. The Morgan fingerprint density at radius 3 is 2.53 bits per heavy atom. The molecule has 1 heterocycles. The molecule has 1 N–H and O–H groups in total. The fourth-order valence-corrected chi connectivity index (χ4v) is 2.63. The van der Waals surface area contributed by atoms with Gasteiger partial charge in [-0.3, -0.25) is 0 Å². The molecule has 0 unspecified atom stereocenters. The smallest absolute Gasteiger partial charge is 0.316 e. The first-order valence-electron chi connectivity index (χ1n) is 5.51. The lowest BCUT2D eigenvalue weighted by Gasteiger charge is -2.08. The van der Waals surface area contributed by atoms with Gasteiger partial charge >= 0.3 is 6.18 Å².